The largest absolute Gasteiger partial charge is 0.139 e. The summed E-state index contributed by atoms with van der Waals surface area (Å²) < 4.78 is 9.73. The van der Waals surface area contributed by atoms with Crippen LogP contribution in [0.1, 0.15) is 445 Å². The number of fused-ring (bicyclic) bond motifs is 5. The Kier molecular flexibility index (Phi) is 46.4. The van der Waals surface area contributed by atoms with Crippen LogP contribution in [0.3, 0.4) is 0 Å². The van der Waals surface area contributed by atoms with Crippen LogP contribution in [0.5, 0.6) is 0 Å². The van der Waals surface area contributed by atoms with Crippen molar-refractivity contribution in [3.63, 3.8) is 0 Å². The number of hydrogen-bond acceptors (Lipinski definition) is 8. The third-order valence-electron chi connectivity index (χ3n) is 23.2. The molecule has 0 fully saturated rings. The van der Waals surface area contributed by atoms with Crippen LogP contribution in [0.25, 0.3) is 67.2 Å². The molecule has 0 spiro atoms. The Labute approximate surface area is 672 Å². The Morgan fingerprint density at radius 2 is 0.452 bits per heavy atom. The molecule has 0 atom stereocenters. The van der Waals surface area contributed by atoms with Crippen molar-refractivity contribution < 1.29 is 0 Å². The lowest BCUT2D eigenvalue weighted by atomic mass is 10.0. The summed E-state index contributed by atoms with van der Waals surface area (Å²) >= 11 is 17.0. The summed E-state index contributed by atoms with van der Waals surface area (Å²) in [6.45, 7) is 14.1. The predicted molar refractivity (Wildman–Crippen MR) is 488 cm³/mol. The first-order valence-electron chi connectivity index (χ1n) is 45.2. The highest BCUT2D eigenvalue weighted by Crippen LogP contribution is 2.56. The van der Waals surface area contributed by atoms with E-state index in [1.165, 1.54) is 440 Å². The van der Waals surface area contributed by atoms with Crippen LogP contribution in [0.15, 0.2) is 36.4 Å². The maximum Gasteiger partial charge on any atom is 0.0651 e. The zero-order valence-electron chi connectivity index (χ0n) is 68.0. The maximum absolute atomic E-state index is 2.74. The van der Waals surface area contributed by atoms with Crippen molar-refractivity contribution in [3.8, 4) is 39.0 Å². The van der Waals surface area contributed by atoms with Crippen LogP contribution in [-0.2, 0) is 25.7 Å². The summed E-state index contributed by atoms with van der Waals surface area (Å²) in [5, 5.41) is 0. The number of aryl methyl sites for hydroxylation is 6. The average Bonchev–Trinajstić information content (AvgIpc) is 1.56. The Hall–Kier alpha value is -1.62. The van der Waals surface area contributed by atoms with E-state index in [9.17, 15) is 0 Å². The summed E-state index contributed by atoms with van der Waals surface area (Å²) in [5.41, 5.74) is 6.59. The molecule has 0 aliphatic heterocycles. The second kappa shape index (κ2) is 54.9. The van der Waals surface area contributed by atoms with Gasteiger partial charge in [0.1, 0.15) is 0 Å². The monoisotopic (exact) mass is 1560 g/mol. The van der Waals surface area contributed by atoms with Crippen LogP contribution in [0, 0.1) is 13.8 Å². The van der Waals surface area contributed by atoms with Gasteiger partial charge in [0, 0.05) is 48.8 Å². The van der Waals surface area contributed by atoms with Crippen molar-refractivity contribution in [2.24, 2.45) is 0 Å². The van der Waals surface area contributed by atoms with E-state index in [1.54, 1.807) is 70.0 Å². The standard InChI is InChI=1S/C96H152S8/c1-7-11-15-19-23-27-31-35-39-43-47-51-55-59-63-67-79-75-77(5)97-88(79)85-73-71-83(99-85)84-72-74-86(100-84)89-80(68-64-60-56-52-48-44-40-36-32-28-24-20-16-12-8-2)76-87(101-89)90-82(70-66-62-58-54-50-46-42-38-34-30-26-22-18-14-10-4)92-94(102-90)96-95(104-92)93-91(103-96)81(78(6)98-93)69-65-61-57-53-49-45-41-37-33-29-25-21-17-13-9-3/h71-76H,7-70H2,1-6H3. The molecule has 0 aliphatic rings. The molecule has 0 radical (unpaired) electrons. The fraction of sp³-hybridized carbons (Fsp3) is 0.729. The van der Waals surface area contributed by atoms with E-state index in [-0.39, 0.29) is 0 Å². The first-order chi connectivity index (χ1) is 51.4. The van der Waals surface area contributed by atoms with Crippen LogP contribution < -0.4 is 0 Å². The second-order valence-corrected chi connectivity index (χ2v) is 41.3. The van der Waals surface area contributed by atoms with Crippen molar-refractivity contribution in [1.82, 2.24) is 0 Å². The third-order valence-corrected chi connectivity index (χ3v) is 33.9. The molecule has 0 unspecified atom stereocenters. The summed E-state index contributed by atoms with van der Waals surface area (Å²) in [6.07, 6.45) is 90.2. The molecule has 8 heterocycles. The molecular weight excluding hydrogens is 1410 g/mol. The minimum absolute atomic E-state index is 1.20. The van der Waals surface area contributed by atoms with E-state index in [0.717, 1.165) is 0 Å². The van der Waals surface area contributed by atoms with Crippen molar-refractivity contribution in [2.45, 2.75) is 452 Å². The van der Waals surface area contributed by atoms with E-state index in [2.05, 4.69) is 146 Å². The number of rotatable bonds is 68. The van der Waals surface area contributed by atoms with E-state index >= 15 is 0 Å². The minimum atomic E-state index is 1.20. The summed E-state index contributed by atoms with van der Waals surface area (Å²) in [7, 11) is 0. The molecule has 0 aromatic carbocycles. The summed E-state index contributed by atoms with van der Waals surface area (Å²) in [5.74, 6) is 0. The van der Waals surface area contributed by atoms with Crippen LogP contribution >= 0.6 is 90.7 Å². The van der Waals surface area contributed by atoms with Crippen LogP contribution in [-0.4, -0.2) is 0 Å². The van der Waals surface area contributed by atoms with Gasteiger partial charge in [-0.05, 0) is 124 Å². The predicted octanol–water partition coefficient (Wildman–Crippen LogP) is 38.6. The molecule has 8 heteroatoms. The lowest BCUT2D eigenvalue weighted by molar-refractivity contribution is 0.532. The highest BCUT2D eigenvalue weighted by Gasteiger charge is 2.26. The molecule has 0 aliphatic carbocycles. The molecule has 584 valence electrons. The lowest BCUT2D eigenvalue weighted by Gasteiger charge is -2.05. The Bertz CT molecular complexity index is 3400. The molecule has 8 rings (SSSR count). The van der Waals surface area contributed by atoms with Gasteiger partial charge in [-0.1, -0.05) is 387 Å². The first-order valence-corrected chi connectivity index (χ1v) is 51.8. The summed E-state index contributed by atoms with van der Waals surface area (Å²) in [4.78, 5) is 15.2. The van der Waals surface area contributed by atoms with Gasteiger partial charge in [-0.25, -0.2) is 0 Å². The van der Waals surface area contributed by atoms with Gasteiger partial charge >= 0.3 is 0 Å². The van der Waals surface area contributed by atoms with Gasteiger partial charge in [0.2, 0.25) is 0 Å². The Morgan fingerprint density at radius 3 is 0.798 bits per heavy atom. The molecule has 0 saturated carbocycles. The van der Waals surface area contributed by atoms with E-state index in [4.69, 9.17) is 0 Å². The Balaban J connectivity index is 0.936. The van der Waals surface area contributed by atoms with Crippen LogP contribution in [0.2, 0.25) is 0 Å². The van der Waals surface area contributed by atoms with Gasteiger partial charge < -0.3 is 0 Å². The molecule has 0 N–H and O–H groups in total. The highest BCUT2D eigenvalue weighted by atomic mass is 32.1. The smallest absolute Gasteiger partial charge is 0.0651 e. The second-order valence-electron chi connectivity index (χ2n) is 32.5. The first kappa shape index (κ1) is 88.0. The molecule has 0 amide bonds. The fourth-order valence-corrected chi connectivity index (χ4v) is 27.6. The van der Waals surface area contributed by atoms with Gasteiger partial charge in [-0.3, -0.25) is 0 Å². The molecule has 8 aromatic rings. The van der Waals surface area contributed by atoms with E-state index in [0.29, 0.717) is 0 Å². The van der Waals surface area contributed by atoms with Crippen LogP contribution in [0.4, 0.5) is 0 Å². The van der Waals surface area contributed by atoms with Crippen molar-refractivity contribution in [2.75, 3.05) is 0 Å². The maximum atomic E-state index is 2.74. The molecular formula is C96H152S8. The quantitative estimate of drug-likeness (QED) is 0.0333. The van der Waals surface area contributed by atoms with Gasteiger partial charge in [0.05, 0.1) is 28.2 Å². The molecule has 104 heavy (non-hydrogen) atoms. The highest BCUT2D eigenvalue weighted by molar-refractivity contribution is 7.45. The van der Waals surface area contributed by atoms with E-state index in [1.807, 2.05) is 22.7 Å². The number of thiophene rings is 8. The van der Waals surface area contributed by atoms with Crippen molar-refractivity contribution in [3.05, 3.63) is 68.4 Å². The molecule has 0 saturated heterocycles. The molecule has 0 bridgehead atoms. The SMILES string of the molecule is CCCCCCCCCCCCCCCCCc1cc(C)sc1-c1ccc(-c2ccc(-c3sc(-c4sc5c(sc6c7sc(C)c(CCCCCCCCCCCCCCCCC)c7sc56)c4CCCCCCCCCCCCCCCCC)cc3CCCCCCCCCCCCCCCCC)s2)s1. The fourth-order valence-electron chi connectivity index (χ4n) is 16.6. The van der Waals surface area contributed by atoms with Crippen molar-refractivity contribution >= 4 is 119 Å². The normalized spacial score (nSPS) is 12.1. The minimum Gasteiger partial charge on any atom is -0.139 e. The summed E-state index contributed by atoms with van der Waals surface area (Å²) in [6, 6.07) is 15.2. The van der Waals surface area contributed by atoms with E-state index < -0.39 is 0 Å². The topological polar surface area (TPSA) is 0 Å². The van der Waals surface area contributed by atoms with Gasteiger partial charge in [-0.2, -0.15) is 0 Å². The van der Waals surface area contributed by atoms with Gasteiger partial charge in [-0.15, -0.1) is 90.7 Å². The zero-order chi connectivity index (χ0) is 72.7. The lowest BCUT2D eigenvalue weighted by Crippen LogP contribution is -1.88. The number of unbranched alkanes of at least 4 members (excludes halogenated alkanes) is 56. The zero-order valence-corrected chi connectivity index (χ0v) is 74.5. The Morgan fingerprint density at radius 1 is 0.192 bits per heavy atom. The average molecular weight is 1560 g/mol. The van der Waals surface area contributed by atoms with Gasteiger partial charge in [0.15, 0.2) is 0 Å². The molecule has 0 nitrogen and oxygen atoms in total. The van der Waals surface area contributed by atoms with Crippen molar-refractivity contribution in [1.29, 1.82) is 0 Å². The third kappa shape index (κ3) is 31.9. The number of hydrogen-bond donors (Lipinski definition) is 0. The molecule has 8 aromatic heterocycles. The van der Waals surface area contributed by atoms with Gasteiger partial charge in [0.25, 0.3) is 0 Å².